The Hall–Kier alpha value is -2.67. The van der Waals surface area contributed by atoms with E-state index in [9.17, 15) is 14.9 Å². The molecule has 0 saturated carbocycles. The monoisotopic (exact) mass is 473 g/mol. The zero-order chi connectivity index (χ0) is 24.8. The van der Waals surface area contributed by atoms with Crippen LogP contribution >= 0.6 is 0 Å². The van der Waals surface area contributed by atoms with Crippen LogP contribution in [0.5, 0.6) is 5.75 Å². The molecule has 5 atom stereocenters. The molecule has 0 radical (unpaired) electrons. The van der Waals surface area contributed by atoms with Crippen molar-refractivity contribution in [2.45, 2.75) is 50.6 Å². The second-order valence-corrected chi connectivity index (χ2v) is 9.05. The van der Waals surface area contributed by atoms with Crippen LogP contribution < -0.4 is 4.74 Å². The van der Waals surface area contributed by atoms with Crippen LogP contribution in [0.4, 0.5) is 0 Å². The van der Waals surface area contributed by atoms with Crippen molar-refractivity contribution in [3.8, 4) is 11.8 Å². The summed E-state index contributed by atoms with van der Waals surface area (Å²) in [6.07, 6.45) is 1.25. The molecular weight excluding hydrogens is 438 g/mol. The molecular formula is C25H35N3O6. The third kappa shape index (κ3) is 5.69. The minimum absolute atomic E-state index is 0.0441. The first-order valence-electron chi connectivity index (χ1n) is 11.7. The molecule has 3 rings (SSSR count). The summed E-state index contributed by atoms with van der Waals surface area (Å²) in [5.74, 6) is -0.582. The number of ether oxygens (including phenoxy) is 4. The highest BCUT2D eigenvalue weighted by Crippen LogP contribution is 2.29. The molecule has 0 N–H and O–H groups in total. The van der Waals surface area contributed by atoms with E-state index in [4.69, 9.17) is 18.9 Å². The van der Waals surface area contributed by atoms with Crippen LogP contribution in [-0.4, -0.2) is 94.0 Å². The van der Waals surface area contributed by atoms with Gasteiger partial charge in [0.1, 0.15) is 24.5 Å². The number of nitrogens with zero attached hydrogens (tertiary/aromatic N) is 3. The summed E-state index contributed by atoms with van der Waals surface area (Å²) >= 11 is 0. The lowest BCUT2D eigenvalue weighted by molar-refractivity contribution is -0.147. The molecule has 2 bridgehead atoms. The Labute approximate surface area is 201 Å². The van der Waals surface area contributed by atoms with Gasteiger partial charge in [0.05, 0.1) is 35.4 Å². The van der Waals surface area contributed by atoms with E-state index >= 15 is 0 Å². The summed E-state index contributed by atoms with van der Waals surface area (Å²) in [7, 11) is 6.61. The van der Waals surface area contributed by atoms with Crippen molar-refractivity contribution >= 4 is 11.8 Å². The molecule has 1 aromatic carbocycles. The molecule has 2 aliphatic rings. The highest BCUT2D eigenvalue weighted by molar-refractivity contribution is 5.97. The highest BCUT2D eigenvalue weighted by atomic mass is 16.6. The fraction of sp³-hybridized carbons (Fsp3) is 0.640. The first-order valence-corrected chi connectivity index (χ1v) is 11.7. The first-order chi connectivity index (χ1) is 16.3. The van der Waals surface area contributed by atoms with Crippen molar-refractivity contribution in [2.75, 3.05) is 48.0 Å². The molecule has 0 unspecified atom stereocenters. The molecule has 1 aromatic rings. The van der Waals surface area contributed by atoms with Crippen molar-refractivity contribution in [1.82, 2.24) is 9.80 Å². The van der Waals surface area contributed by atoms with Gasteiger partial charge in [0.2, 0.25) is 5.91 Å². The lowest BCUT2D eigenvalue weighted by Crippen LogP contribution is -2.47. The predicted molar refractivity (Wildman–Crippen MR) is 125 cm³/mol. The highest BCUT2D eigenvalue weighted by Gasteiger charge is 2.34. The van der Waals surface area contributed by atoms with Gasteiger partial charge in [-0.2, -0.15) is 5.26 Å². The summed E-state index contributed by atoms with van der Waals surface area (Å²) in [6, 6.07) is 7.04. The molecule has 9 heteroatoms. The van der Waals surface area contributed by atoms with Crippen molar-refractivity contribution in [1.29, 1.82) is 5.26 Å². The van der Waals surface area contributed by atoms with Crippen LogP contribution in [0.3, 0.4) is 0 Å². The molecule has 2 amide bonds. The minimum atomic E-state index is -0.488. The van der Waals surface area contributed by atoms with Crippen LogP contribution in [0.1, 0.15) is 42.1 Å². The number of benzene rings is 1. The van der Waals surface area contributed by atoms with E-state index in [1.165, 1.54) is 12.0 Å². The minimum Gasteiger partial charge on any atom is -0.489 e. The van der Waals surface area contributed by atoms with Gasteiger partial charge in [0.15, 0.2) is 0 Å². The van der Waals surface area contributed by atoms with Crippen LogP contribution in [0, 0.1) is 17.2 Å². The van der Waals surface area contributed by atoms with Crippen LogP contribution in [0.25, 0.3) is 0 Å². The molecule has 0 aromatic heterocycles. The Morgan fingerprint density at radius 3 is 2.47 bits per heavy atom. The molecule has 0 spiro atoms. The van der Waals surface area contributed by atoms with Crippen molar-refractivity contribution in [2.24, 2.45) is 5.92 Å². The number of carbonyl (C=O) groups excluding carboxylic acids is 2. The number of nitriles is 1. The number of hydrogen-bond donors (Lipinski definition) is 0. The Morgan fingerprint density at radius 2 is 1.79 bits per heavy atom. The number of carbonyl (C=O) groups is 2. The summed E-state index contributed by atoms with van der Waals surface area (Å²) in [4.78, 5) is 29.7. The predicted octanol–water partition coefficient (Wildman–Crippen LogP) is 2.08. The molecule has 1 saturated heterocycles. The van der Waals surface area contributed by atoms with E-state index in [-0.39, 0.29) is 60.2 Å². The van der Waals surface area contributed by atoms with Crippen LogP contribution in [-0.2, 0) is 19.0 Å². The van der Waals surface area contributed by atoms with Crippen molar-refractivity contribution < 1.29 is 28.5 Å². The van der Waals surface area contributed by atoms with Crippen molar-refractivity contribution in [3.05, 3.63) is 29.3 Å². The van der Waals surface area contributed by atoms with Gasteiger partial charge in [-0.15, -0.1) is 0 Å². The van der Waals surface area contributed by atoms with Gasteiger partial charge in [0, 0.05) is 41.4 Å². The summed E-state index contributed by atoms with van der Waals surface area (Å²) in [5.41, 5.74) is 0.552. The van der Waals surface area contributed by atoms with Gasteiger partial charge < -0.3 is 28.7 Å². The average molecular weight is 474 g/mol. The number of rotatable bonds is 2. The normalized spacial score (nSPS) is 29.2. The van der Waals surface area contributed by atoms with E-state index in [0.29, 0.717) is 13.0 Å². The quantitative estimate of drug-likeness (QED) is 0.648. The largest absolute Gasteiger partial charge is 0.489 e. The fourth-order valence-electron chi connectivity index (χ4n) is 4.63. The Morgan fingerprint density at radius 1 is 1.06 bits per heavy atom. The molecule has 1 fully saturated rings. The number of fused-ring (bicyclic) bond motifs is 3. The first kappa shape index (κ1) is 25.9. The fourth-order valence-corrected chi connectivity index (χ4v) is 4.63. The van der Waals surface area contributed by atoms with Gasteiger partial charge >= 0.3 is 0 Å². The molecule has 0 aliphatic carbocycles. The van der Waals surface area contributed by atoms with E-state index in [2.05, 4.69) is 6.07 Å². The van der Waals surface area contributed by atoms with E-state index in [0.717, 1.165) is 12.8 Å². The number of methoxy groups -OCH3 is 2. The Kier molecular flexibility index (Phi) is 8.89. The van der Waals surface area contributed by atoms with Crippen LogP contribution in [0.2, 0.25) is 0 Å². The van der Waals surface area contributed by atoms with Gasteiger partial charge in [-0.05, 0) is 31.4 Å². The van der Waals surface area contributed by atoms with Gasteiger partial charge in [-0.1, -0.05) is 13.0 Å². The smallest absolute Gasteiger partial charge is 0.257 e. The van der Waals surface area contributed by atoms with Crippen LogP contribution in [0.15, 0.2) is 18.2 Å². The van der Waals surface area contributed by atoms with Gasteiger partial charge in [-0.3, -0.25) is 9.59 Å². The van der Waals surface area contributed by atoms with Gasteiger partial charge in [0.25, 0.3) is 5.91 Å². The van der Waals surface area contributed by atoms with E-state index < -0.39 is 12.0 Å². The molecule has 9 nitrogen and oxygen atoms in total. The lowest BCUT2D eigenvalue weighted by Gasteiger charge is -2.37. The Bertz CT molecular complexity index is 916. The topological polar surface area (TPSA) is 101 Å². The third-order valence-corrected chi connectivity index (χ3v) is 6.83. The maximum Gasteiger partial charge on any atom is 0.257 e. The summed E-state index contributed by atoms with van der Waals surface area (Å²) in [6.45, 7) is 2.72. The lowest BCUT2D eigenvalue weighted by atomic mass is 9.98. The zero-order valence-electron chi connectivity index (χ0n) is 20.7. The average Bonchev–Trinajstić information content (AvgIpc) is 2.86. The van der Waals surface area contributed by atoms with Gasteiger partial charge in [-0.25, -0.2) is 0 Å². The standard InChI is InChI=1S/C25H35N3O6/c1-16-21(32-5)14-28(3)25(30)19-8-6-7-17(13-26)23(19)33-15-22-20(31-4)10-9-18(34-22)11-12-27(2)24(16)29/h6-8,16,18,20-22H,9-12,14-15H2,1-5H3/t16-,18+,20-,21+,22-/m1/s1. The maximum absolute atomic E-state index is 13.4. The second kappa shape index (κ2) is 11.6. The number of hydrogen-bond acceptors (Lipinski definition) is 7. The van der Waals surface area contributed by atoms with Crippen molar-refractivity contribution in [3.63, 3.8) is 0 Å². The zero-order valence-corrected chi connectivity index (χ0v) is 20.7. The Balaban J connectivity index is 1.98. The number of likely N-dealkylation sites (N-methyl/N-ethyl adjacent to an activating group) is 1. The molecule has 34 heavy (non-hydrogen) atoms. The summed E-state index contributed by atoms with van der Waals surface area (Å²) < 4.78 is 23.6. The SMILES string of the molecule is CO[C@H]1CN(C)C(=O)c2cccc(C#N)c2OC[C@H]2O[C@@H](CC[C@H]2OC)CCN(C)C(=O)[C@@H]1C. The molecule has 2 aliphatic heterocycles. The molecule has 186 valence electrons. The number of para-hydroxylation sites is 1. The number of amides is 2. The molecule has 2 heterocycles. The van der Waals surface area contributed by atoms with E-state index in [1.54, 1.807) is 44.3 Å². The third-order valence-electron chi connectivity index (χ3n) is 6.83. The second-order valence-electron chi connectivity index (χ2n) is 9.05. The van der Waals surface area contributed by atoms with E-state index in [1.807, 2.05) is 6.92 Å². The maximum atomic E-state index is 13.4. The summed E-state index contributed by atoms with van der Waals surface area (Å²) in [5, 5.41) is 9.66.